The van der Waals surface area contributed by atoms with Gasteiger partial charge < -0.3 is 10.1 Å². The Hall–Kier alpha value is -1.61. The van der Waals surface area contributed by atoms with Crippen molar-refractivity contribution < 1.29 is 9.53 Å². The maximum absolute atomic E-state index is 11.5. The van der Waals surface area contributed by atoms with E-state index in [-0.39, 0.29) is 11.9 Å². The van der Waals surface area contributed by atoms with Crippen molar-refractivity contribution in [1.29, 1.82) is 0 Å². The molecule has 1 rings (SSSR count). The van der Waals surface area contributed by atoms with E-state index in [4.69, 9.17) is 4.74 Å². The van der Waals surface area contributed by atoms with Crippen LogP contribution in [0.25, 0.3) is 6.08 Å². The smallest absolute Gasteiger partial charge is 0.244 e. The molecule has 0 radical (unpaired) electrons. The minimum atomic E-state index is -0.101. The summed E-state index contributed by atoms with van der Waals surface area (Å²) in [5.41, 5.74) is 2.21. The average molecular weight is 233 g/mol. The maximum atomic E-state index is 11.5. The van der Waals surface area contributed by atoms with Crippen molar-refractivity contribution in [2.45, 2.75) is 19.9 Å². The van der Waals surface area contributed by atoms with Gasteiger partial charge in [-0.3, -0.25) is 4.79 Å². The van der Waals surface area contributed by atoms with Crippen LogP contribution in [0, 0.1) is 6.92 Å². The van der Waals surface area contributed by atoms with Gasteiger partial charge in [0.25, 0.3) is 0 Å². The minimum absolute atomic E-state index is 0.0228. The van der Waals surface area contributed by atoms with Gasteiger partial charge in [0.2, 0.25) is 5.91 Å². The fourth-order valence-electron chi connectivity index (χ4n) is 1.53. The van der Waals surface area contributed by atoms with E-state index in [0.717, 1.165) is 5.56 Å². The van der Waals surface area contributed by atoms with E-state index in [0.29, 0.717) is 6.61 Å². The molecule has 0 aliphatic rings. The zero-order valence-corrected chi connectivity index (χ0v) is 10.6. The van der Waals surface area contributed by atoms with Crippen LogP contribution in [-0.2, 0) is 9.53 Å². The lowest BCUT2D eigenvalue weighted by Crippen LogP contribution is -2.34. The highest BCUT2D eigenvalue weighted by molar-refractivity contribution is 5.91. The summed E-state index contributed by atoms with van der Waals surface area (Å²) in [5.74, 6) is -0.101. The predicted octanol–water partition coefficient (Wildman–Crippen LogP) is 2.16. The van der Waals surface area contributed by atoms with E-state index in [9.17, 15) is 4.79 Å². The summed E-state index contributed by atoms with van der Waals surface area (Å²) in [5, 5.41) is 2.81. The number of nitrogens with one attached hydrogen (secondary N) is 1. The van der Waals surface area contributed by atoms with Gasteiger partial charge in [-0.1, -0.05) is 29.8 Å². The molecule has 0 fully saturated rings. The number of carbonyl (C=O) groups excluding carboxylic acids is 1. The summed E-state index contributed by atoms with van der Waals surface area (Å²) in [7, 11) is 1.62. The molecule has 0 bridgehead atoms. The summed E-state index contributed by atoms with van der Waals surface area (Å²) in [4.78, 5) is 11.5. The van der Waals surface area contributed by atoms with Gasteiger partial charge in [0, 0.05) is 19.2 Å². The van der Waals surface area contributed by atoms with E-state index < -0.39 is 0 Å². The van der Waals surface area contributed by atoms with Gasteiger partial charge in [0.15, 0.2) is 0 Å². The first-order valence-electron chi connectivity index (χ1n) is 5.66. The molecule has 0 saturated heterocycles. The minimum Gasteiger partial charge on any atom is -0.383 e. The summed E-state index contributed by atoms with van der Waals surface area (Å²) in [6.45, 7) is 4.45. The highest BCUT2D eigenvalue weighted by Gasteiger charge is 2.02. The third-order valence-corrected chi connectivity index (χ3v) is 2.27. The van der Waals surface area contributed by atoms with Crippen LogP contribution in [0.4, 0.5) is 0 Å². The molecule has 1 unspecified atom stereocenters. The molecule has 0 heterocycles. The molecule has 0 saturated carbocycles. The SMILES string of the molecule is COCC(C)NC(=O)C=Cc1cccc(C)c1. The molecule has 1 amide bonds. The van der Waals surface area contributed by atoms with E-state index in [1.54, 1.807) is 13.2 Å². The predicted molar refractivity (Wildman–Crippen MR) is 69.7 cm³/mol. The number of rotatable bonds is 5. The number of hydrogen-bond acceptors (Lipinski definition) is 2. The van der Waals surface area contributed by atoms with Crippen LogP contribution in [0.2, 0.25) is 0 Å². The molecule has 0 spiro atoms. The second-order valence-corrected chi connectivity index (χ2v) is 4.11. The Bertz CT molecular complexity index is 399. The van der Waals surface area contributed by atoms with Crippen molar-refractivity contribution in [3.05, 3.63) is 41.5 Å². The molecule has 0 aliphatic heterocycles. The van der Waals surface area contributed by atoms with Crippen LogP contribution >= 0.6 is 0 Å². The van der Waals surface area contributed by atoms with Gasteiger partial charge in [-0.2, -0.15) is 0 Å². The average Bonchev–Trinajstić information content (AvgIpc) is 2.27. The topological polar surface area (TPSA) is 38.3 Å². The third kappa shape index (κ3) is 5.31. The van der Waals surface area contributed by atoms with Crippen molar-refractivity contribution in [3.8, 4) is 0 Å². The molecule has 17 heavy (non-hydrogen) atoms. The van der Waals surface area contributed by atoms with Gasteiger partial charge in [0.05, 0.1) is 6.61 Å². The monoisotopic (exact) mass is 233 g/mol. The third-order valence-electron chi connectivity index (χ3n) is 2.27. The number of benzene rings is 1. The van der Waals surface area contributed by atoms with E-state index in [2.05, 4.69) is 5.32 Å². The number of ether oxygens (including phenoxy) is 1. The summed E-state index contributed by atoms with van der Waals surface area (Å²) >= 11 is 0. The standard InChI is InChI=1S/C14H19NO2/c1-11-5-4-6-13(9-11)7-8-14(16)15-12(2)10-17-3/h4-9,12H,10H2,1-3H3,(H,15,16). The van der Waals surface area contributed by atoms with Crippen molar-refractivity contribution in [2.24, 2.45) is 0 Å². The molecule has 0 aliphatic carbocycles. The van der Waals surface area contributed by atoms with Crippen LogP contribution in [-0.4, -0.2) is 25.7 Å². The molecular formula is C14H19NO2. The van der Waals surface area contributed by atoms with E-state index >= 15 is 0 Å². The van der Waals surface area contributed by atoms with Gasteiger partial charge in [0.1, 0.15) is 0 Å². The first kappa shape index (κ1) is 13.5. The molecule has 1 N–H and O–H groups in total. The zero-order valence-electron chi connectivity index (χ0n) is 10.6. The van der Waals surface area contributed by atoms with Gasteiger partial charge in [-0.25, -0.2) is 0 Å². The fourth-order valence-corrected chi connectivity index (χ4v) is 1.53. The van der Waals surface area contributed by atoms with Crippen LogP contribution in [0.15, 0.2) is 30.3 Å². The fraction of sp³-hybridized carbons (Fsp3) is 0.357. The molecule has 92 valence electrons. The van der Waals surface area contributed by atoms with Crippen molar-refractivity contribution in [2.75, 3.05) is 13.7 Å². The number of aryl methyl sites for hydroxylation is 1. The Morgan fingerprint density at radius 1 is 1.53 bits per heavy atom. The van der Waals surface area contributed by atoms with E-state index in [1.807, 2.05) is 44.2 Å². The molecule has 1 aromatic rings. The molecular weight excluding hydrogens is 214 g/mol. The number of amides is 1. The van der Waals surface area contributed by atoms with Crippen LogP contribution < -0.4 is 5.32 Å². The zero-order chi connectivity index (χ0) is 12.7. The number of hydrogen-bond donors (Lipinski definition) is 1. The number of methoxy groups -OCH3 is 1. The summed E-state index contributed by atoms with van der Waals surface area (Å²) < 4.78 is 4.94. The Kier molecular flexibility index (Phi) is 5.43. The van der Waals surface area contributed by atoms with Crippen LogP contribution in [0.3, 0.4) is 0 Å². The van der Waals surface area contributed by atoms with Crippen LogP contribution in [0.5, 0.6) is 0 Å². The molecule has 3 nitrogen and oxygen atoms in total. The Labute approximate surface area is 102 Å². The van der Waals surface area contributed by atoms with Crippen LogP contribution in [0.1, 0.15) is 18.1 Å². The Balaban J connectivity index is 2.51. The van der Waals surface area contributed by atoms with E-state index in [1.165, 1.54) is 5.56 Å². The molecule has 1 atom stereocenters. The van der Waals surface area contributed by atoms with Gasteiger partial charge in [-0.15, -0.1) is 0 Å². The van der Waals surface area contributed by atoms with Crippen molar-refractivity contribution in [3.63, 3.8) is 0 Å². The second kappa shape index (κ2) is 6.86. The molecule has 1 aromatic carbocycles. The molecule has 3 heteroatoms. The largest absolute Gasteiger partial charge is 0.383 e. The number of carbonyl (C=O) groups is 1. The quantitative estimate of drug-likeness (QED) is 0.791. The summed E-state index contributed by atoms with van der Waals surface area (Å²) in [6, 6.07) is 8.02. The first-order chi connectivity index (χ1) is 8.11. The lowest BCUT2D eigenvalue weighted by Gasteiger charge is -2.10. The highest BCUT2D eigenvalue weighted by Crippen LogP contribution is 2.05. The lowest BCUT2D eigenvalue weighted by molar-refractivity contribution is -0.117. The van der Waals surface area contributed by atoms with Crippen molar-refractivity contribution >= 4 is 12.0 Å². The molecule has 0 aromatic heterocycles. The van der Waals surface area contributed by atoms with Gasteiger partial charge >= 0.3 is 0 Å². The first-order valence-corrected chi connectivity index (χ1v) is 5.66. The Morgan fingerprint density at radius 3 is 2.94 bits per heavy atom. The second-order valence-electron chi connectivity index (χ2n) is 4.11. The highest BCUT2D eigenvalue weighted by atomic mass is 16.5. The normalized spacial score (nSPS) is 12.6. The maximum Gasteiger partial charge on any atom is 0.244 e. The Morgan fingerprint density at radius 2 is 2.29 bits per heavy atom. The van der Waals surface area contributed by atoms with Gasteiger partial charge in [-0.05, 0) is 25.5 Å². The lowest BCUT2D eigenvalue weighted by atomic mass is 10.1. The van der Waals surface area contributed by atoms with Crippen molar-refractivity contribution in [1.82, 2.24) is 5.32 Å². The summed E-state index contributed by atoms with van der Waals surface area (Å²) in [6.07, 6.45) is 3.35.